The van der Waals surface area contributed by atoms with Gasteiger partial charge in [-0.3, -0.25) is 0 Å². The van der Waals surface area contributed by atoms with Crippen molar-refractivity contribution < 1.29 is 4.39 Å². The summed E-state index contributed by atoms with van der Waals surface area (Å²) >= 11 is 5.88. The Kier molecular flexibility index (Phi) is 3.77. The fourth-order valence-electron chi connectivity index (χ4n) is 3.01. The molecule has 0 spiro atoms. The van der Waals surface area contributed by atoms with Gasteiger partial charge < -0.3 is 5.32 Å². The quantitative estimate of drug-likeness (QED) is 0.876. The molecule has 3 rings (SSSR count). The van der Waals surface area contributed by atoms with Crippen molar-refractivity contribution in [2.75, 3.05) is 7.05 Å². The van der Waals surface area contributed by atoms with Crippen LogP contribution in [-0.4, -0.2) is 7.05 Å². The normalized spacial score (nSPS) is 18.2. The monoisotopic (exact) mass is 289 g/mol. The summed E-state index contributed by atoms with van der Waals surface area (Å²) in [7, 11) is 1.94. The molecule has 3 heteroatoms. The van der Waals surface area contributed by atoms with Gasteiger partial charge in [-0.15, -0.1) is 0 Å². The molecule has 2 unspecified atom stereocenters. The van der Waals surface area contributed by atoms with Crippen molar-refractivity contribution in [2.24, 2.45) is 0 Å². The number of nitrogens with one attached hydrogen (secondary N) is 1. The predicted molar refractivity (Wildman–Crippen MR) is 80.7 cm³/mol. The third kappa shape index (κ3) is 2.46. The highest BCUT2D eigenvalue weighted by molar-refractivity contribution is 6.30. The number of rotatable bonds is 4. The van der Waals surface area contributed by atoms with Crippen molar-refractivity contribution >= 4 is 11.6 Å². The first kappa shape index (κ1) is 13.6. The third-order valence-corrected chi connectivity index (χ3v) is 4.47. The molecule has 0 fully saturated rings. The molecule has 0 saturated carbocycles. The summed E-state index contributed by atoms with van der Waals surface area (Å²) < 4.78 is 13.3. The van der Waals surface area contributed by atoms with Gasteiger partial charge in [0.25, 0.3) is 0 Å². The summed E-state index contributed by atoms with van der Waals surface area (Å²) in [5.41, 5.74) is 3.94. The number of hydrogen-bond acceptors (Lipinski definition) is 1. The predicted octanol–water partition coefficient (Wildman–Crippen LogP) is 4.47. The Bertz CT molecular complexity index is 626. The maximum Gasteiger partial charge on any atom is 0.141 e. The molecule has 20 heavy (non-hydrogen) atoms. The highest BCUT2D eigenvalue weighted by Crippen LogP contribution is 2.40. The van der Waals surface area contributed by atoms with E-state index in [0.29, 0.717) is 5.92 Å². The van der Waals surface area contributed by atoms with Crippen LogP contribution in [0.15, 0.2) is 42.5 Å². The first-order chi connectivity index (χ1) is 9.69. The molecule has 0 aromatic heterocycles. The number of hydrogen-bond donors (Lipinski definition) is 1. The van der Waals surface area contributed by atoms with Gasteiger partial charge in [-0.1, -0.05) is 41.9 Å². The SMILES string of the molecule is CNC(CC1Cc2ccccc21)c1ccc(F)c(Cl)c1. The van der Waals surface area contributed by atoms with Gasteiger partial charge in [-0.2, -0.15) is 0 Å². The zero-order valence-corrected chi connectivity index (χ0v) is 12.1. The molecule has 0 amide bonds. The standard InChI is InChI=1S/C17H17ClFN/c1-20-17(12-6-7-16(19)15(18)9-12)10-13-8-11-4-2-3-5-14(11)13/h2-7,9,13,17,20H,8,10H2,1H3. The minimum atomic E-state index is -0.362. The Morgan fingerprint density at radius 1 is 1.30 bits per heavy atom. The molecule has 0 saturated heterocycles. The lowest BCUT2D eigenvalue weighted by Gasteiger charge is -2.33. The molecule has 0 bridgehead atoms. The Labute approximate surface area is 123 Å². The van der Waals surface area contributed by atoms with Gasteiger partial charge in [0, 0.05) is 6.04 Å². The lowest BCUT2D eigenvalue weighted by molar-refractivity contribution is 0.452. The van der Waals surface area contributed by atoms with Crippen molar-refractivity contribution in [1.29, 1.82) is 0 Å². The molecule has 2 atom stereocenters. The number of benzene rings is 2. The fraction of sp³-hybridized carbons (Fsp3) is 0.294. The van der Waals surface area contributed by atoms with Crippen molar-refractivity contribution in [3.63, 3.8) is 0 Å². The van der Waals surface area contributed by atoms with Crippen LogP contribution in [0.3, 0.4) is 0 Å². The number of fused-ring (bicyclic) bond motifs is 1. The van der Waals surface area contributed by atoms with E-state index < -0.39 is 0 Å². The van der Waals surface area contributed by atoms with E-state index >= 15 is 0 Å². The van der Waals surface area contributed by atoms with Gasteiger partial charge in [0.1, 0.15) is 5.82 Å². The summed E-state index contributed by atoms with van der Waals surface area (Å²) in [5.74, 6) is 0.215. The topological polar surface area (TPSA) is 12.0 Å². The second-order valence-electron chi connectivity index (χ2n) is 5.35. The van der Waals surface area contributed by atoms with Crippen LogP contribution in [-0.2, 0) is 6.42 Å². The van der Waals surface area contributed by atoms with Gasteiger partial charge >= 0.3 is 0 Å². The maximum atomic E-state index is 13.3. The van der Waals surface area contributed by atoms with Crippen LogP contribution in [0, 0.1) is 5.82 Å². The van der Waals surface area contributed by atoms with Crippen LogP contribution < -0.4 is 5.32 Å². The van der Waals surface area contributed by atoms with Crippen LogP contribution >= 0.6 is 11.6 Å². The van der Waals surface area contributed by atoms with Gasteiger partial charge in [0.15, 0.2) is 0 Å². The van der Waals surface area contributed by atoms with Gasteiger partial charge in [-0.05, 0) is 54.6 Å². The molecule has 104 valence electrons. The zero-order valence-electron chi connectivity index (χ0n) is 11.4. The van der Waals surface area contributed by atoms with Crippen LogP contribution in [0.5, 0.6) is 0 Å². The number of halogens is 2. The second kappa shape index (κ2) is 5.55. The Morgan fingerprint density at radius 2 is 2.10 bits per heavy atom. The highest BCUT2D eigenvalue weighted by Gasteiger charge is 2.28. The lowest BCUT2D eigenvalue weighted by atomic mass is 9.74. The molecule has 1 aliphatic carbocycles. The minimum absolute atomic E-state index is 0.191. The van der Waals surface area contributed by atoms with E-state index in [4.69, 9.17) is 11.6 Å². The molecule has 0 heterocycles. The smallest absolute Gasteiger partial charge is 0.141 e. The van der Waals surface area contributed by atoms with Crippen molar-refractivity contribution in [2.45, 2.75) is 24.8 Å². The Morgan fingerprint density at radius 3 is 2.80 bits per heavy atom. The summed E-state index contributed by atoms with van der Waals surface area (Å²) in [6, 6.07) is 13.7. The van der Waals surface area contributed by atoms with E-state index in [1.807, 2.05) is 13.1 Å². The summed E-state index contributed by atoms with van der Waals surface area (Å²) in [5, 5.41) is 3.51. The molecule has 2 aromatic carbocycles. The lowest BCUT2D eigenvalue weighted by Crippen LogP contribution is -2.25. The largest absolute Gasteiger partial charge is 0.313 e. The highest BCUT2D eigenvalue weighted by atomic mass is 35.5. The Balaban J connectivity index is 1.77. The van der Waals surface area contributed by atoms with Gasteiger partial charge in [0.2, 0.25) is 0 Å². The molecule has 1 aliphatic rings. The molecule has 0 aliphatic heterocycles. The molecular weight excluding hydrogens is 273 g/mol. The van der Waals surface area contributed by atoms with Crippen molar-refractivity contribution in [3.8, 4) is 0 Å². The van der Waals surface area contributed by atoms with E-state index in [1.54, 1.807) is 6.07 Å². The van der Waals surface area contributed by atoms with Crippen LogP contribution in [0.25, 0.3) is 0 Å². The van der Waals surface area contributed by atoms with E-state index in [1.165, 1.54) is 17.2 Å². The van der Waals surface area contributed by atoms with Crippen molar-refractivity contribution in [1.82, 2.24) is 5.32 Å². The molecular formula is C17H17ClFN. The summed E-state index contributed by atoms with van der Waals surface area (Å²) in [4.78, 5) is 0. The van der Waals surface area contributed by atoms with E-state index in [0.717, 1.165) is 18.4 Å². The van der Waals surface area contributed by atoms with Crippen LogP contribution in [0.2, 0.25) is 5.02 Å². The van der Waals surface area contributed by atoms with Crippen LogP contribution in [0.1, 0.15) is 35.1 Å². The molecule has 0 radical (unpaired) electrons. The van der Waals surface area contributed by atoms with Gasteiger partial charge in [0.05, 0.1) is 5.02 Å². The van der Waals surface area contributed by atoms with Crippen LogP contribution in [0.4, 0.5) is 4.39 Å². The maximum absolute atomic E-state index is 13.3. The average Bonchev–Trinajstić information content (AvgIpc) is 2.44. The molecule has 1 N–H and O–H groups in total. The third-order valence-electron chi connectivity index (χ3n) is 4.18. The van der Waals surface area contributed by atoms with E-state index in [9.17, 15) is 4.39 Å². The minimum Gasteiger partial charge on any atom is -0.313 e. The molecule has 2 aromatic rings. The fourth-order valence-corrected chi connectivity index (χ4v) is 3.20. The van der Waals surface area contributed by atoms with E-state index in [-0.39, 0.29) is 16.9 Å². The van der Waals surface area contributed by atoms with E-state index in [2.05, 4.69) is 29.6 Å². The second-order valence-corrected chi connectivity index (χ2v) is 5.76. The summed E-state index contributed by atoms with van der Waals surface area (Å²) in [6.07, 6.45) is 2.14. The average molecular weight is 290 g/mol. The molecule has 1 nitrogen and oxygen atoms in total. The first-order valence-corrected chi connectivity index (χ1v) is 7.27. The first-order valence-electron chi connectivity index (χ1n) is 6.89. The van der Waals surface area contributed by atoms with Crippen molar-refractivity contribution in [3.05, 3.63) is 70.0 Å². The zero-order chi connectivity index (χ0) is 14.1. The summed E-state index contributed by atoms with van der Waals surface area (Å²) in [6.45, 7) is 0. The van der Waals surface area contributed by atoms with Gasteiger partial charge in [-0.25, -0.2) is 4.39 Å². The Hall–Kier alpha value is -1.38.